The third-order valence-corrected chi connectivity index (χ3v) is 7.11. The fraction of sp³-hybridized carbons (Fsp3) is 0.583. The third kappa shape index (κ3) is 3.60. The summed E-state index contributed by atoms with van der Waals surface area (Å²) in [6.07, 6.45) is 8.75. The van der Waals surface area contributed by atoms with Gasteiger partial charge < -0.3 is 4.90 Å². The zero-order chi connectivity index (χ0) is 21.8. The molecule has 8 heteroatoms. The van der Waals surface area contributed by atoms with Gasteiger partial charge in [0.2, 0.25) is 0 Å². The number of hydrogen-bond donors (Lipinski definition) is 0. The smallest absolute Gasteiger partial charge is 0.254 e. The standard InChI is InChI=1S/C24H31N7O/c1-3-31-15-16(13-25-31)14-29-8-10-30(11-9-29)24(32)19-12-20(17-4-5-17)26-23-21(19)22(18-6-7-18)27-28(23)2/h12-13,15,17-18H,3-11,14H2,1-2H3. The molecule has 32 heavy (non-hydrogen) atoms. The molecule has 0 radical (unpaired) electrons. The monoisotopic (exact) mass is 433 g/mol. The molecule has 1 aliphatic heterocycles. The Kier molecular flexibility index (Phi) is 4.78. The van der Waals surface area contributed by atoms with Crippen molar-refractivity contribution in [2.75, 3.05) is 26.2 Å². The quantitative estimate of drug-likeness (QED) is 0.598. The van der Waals surface area contributed by atoms with Crippen molar-refractivity contribution in [3.05, 3.63) is 41.0 Å². The van der Waals surface area contributed by atoms with E-state index in [1.54, 1.807) is 0 Å². The number of nitrogens with zero attached hydrogens (tertiary/aromatic N) is 7. The Hall–Kier alpha value is -2.74. The Bertz CT molecular complexity index is 1160. The molecule has 2 aliphatic carbocycles. The number of hydrogen-bond acceptors (Lipinski definition) is 5. The fourth-order valence-electron chi connectivity index (χ4n) is 4.89. The Morgan fingerprint density at radius 2 is 1.84 bits per heavy atom. The molecule has 0 N–H and O–H groups in total. The molecule has 6 rings (SSSR count). The maximum Gasteiger partial charge on any atom is 0.254 e. The van der Waals surface area contributed by atoms with Crippen LogP contribution in [0.2, 0.25) is 0 Å². The predicted molar refractivity (Wildman–Crippen MR) is 122 cm³/mol. The molecule has 2 saturated carbocycles. The van der Waals surface area contributed by atoms with Crippen LogP contribution in [0.25, 0.3) is 11.0 Å². The normalized spacial score (nSPS) is 19.8. The van der Waals surface area contributed by atoms with Crippen LogP contribution in [0.5, 0.6) is 0 Å². The molecule has 3 fully saturated rings. The number of fused-ring (bicyclic) bond motifs is 1. The maximum absolute atomic E-state index is 13.7. The van der Waals surface area contributed by atoms with E-state index in [1.807, 2.05) is 27.5 Å². The van der Waals surface area contributed by atoms with Gasteiger partial charge in [-0.25, -0.2) is 4.98 Å². The van der Waals surface area contributed by atoms with Gasteiger partial charge in [0.1, 0.15) is 0 Å². The summed E-state index contributed by atoms with van der Waals surface area (Å²) in [6, 6.07) is 2.08. The second-order valence-electron chi connectivity index (χ2n) is 9.62. The number of piperazine rings is 1. The highest BCUT2D eigenvalue weighted by atomic mass is 16.2. The van der Waals surface area contributed by atoms with Gasteiger partial charge in [0.05, 0.1) is 22.8 Å². The molecule has 3 aromatic heterocycles. The van der Waals surface area contributed by atoms with Gasteiger partial charge in [0, 0.05) is 75.6 Å². The van der Waals surface area contributed by atoms with Crippen LogP contribution >= 0.6 is 0 Å². The van der Waals surface area contributed by atoms with Gasteiger partial charge in [-0.15, -0.1) is 0 Å². The largest absolute Gasteiger partial charge is 0.336 e. The molecule has 3 aromatic rings. The van der Waals surface area contributed by atoms with Crippen LogP contribution < -0.4 is 0 Å². The van der Waals surface area contributed by atoms with Crippen LogP contribution in [0, 0.1) is 0 Å². The van der Waals surface area contributed by atoms with Gasteiger partial charge in [-0.2, -0.15) is 10.2 Å². The first-order valence-corrected chi connectivity index (χ1v) is 12.0. The van der Waals surface area contributed by atoms with Crippen molar-refractivity contribution >= 4 is 16.9 Å². The van der Waals surface area contributed by atoms with E-state index in [4.69, 9.17) is 10.1 Å². The van der Waals surface area contributed by atoms with Crippen LogP contribution in [0.1, 0.15) is 71.8 Å². The number of aryl methyl sites for hydroxylation is 2. The average Bonchev–Trinajstić information content (AvgIpc) is 3.75. The van der Waals surface area contributed by atoms with Crippen LogP contribution in [0.3, 0.4) is 0 Å². The molecule has 3 aliphatic rings. The van der Waals surface area contributed by atoms with E-state index in [9.17, 15) is 4.79 Å². The van der Waals surface area contributed by atoms with E-state index in [-0.39, 0.29) is 5.91 Å². The van der Waals surface area contributed by atoms with Gasteiger partial charge in [-0.3, -0.25) is 19.1 Å². The molecule has 168 valence electrons. The van der Waals surface area contributed by atoms with E-state index >= 15 is 0 Å². The minimum atomic E-state index is 0.146. The van der Waals surface area contributed by atoms with E-state index in [2.05, 4.69) is 29.2 Å². The highest BCUT2D eigenvalue weighted by Gasteiger charge is 2.35. The molecule has 8 nitrogen and oxygen atoms in total. The van der Waals surface area contributed by atoms with Gasteiger partial charge in [0.25, 0.3) is 5.91 Å². The highest BCUT2D eigenvalue weighted by molar-refractivity contribution is 6.07. The van der Waals surface area contributed by atoms with E-state index in [1.165, 1.54) is 18.4 Å². The summed E-state index contributed by atoms with van der Waals surface area (Å²) in [5, 5.41) is 10.2. The van der Waals surface area contributed by atoms with Gasteiger partial charge in [-0.1, -0.05) is 0 Å². The van der Waals surface area contributed by atoms with E-state index in [0.29, 0.717) is 11.8 Å². The third-order valence-electron chi connectivity index (χ3n) is 7.11. The summed E-state index contributed by atoms with van der Waals surface area (Å²) in [7, 11) is 1.96. The lowest BCUT2D eigenvalue weighted by Gasteiger charge is -2.34. The first kappa shape index (κ1) is 19.9. The Labute approximate surface area is 188 Å². The van der Waals surface area contributed by atoms with Gasteiger partial charge in [-0.05, 0) is 38.7 Å². The first-order chi connectivity index (χ1) is 15.6. The van der Waals surface area contributed by atoms with Crippen molar-refractivity contribution in [1.82, 2.24) is 34.3 Å². The number of amides is 1. The van der Waals surface area contributed by atoms with Crippen molar-refractivity contribution in [3.8, 4) is 0 Å². The summed E-state index contributed by atoms with van der Waals surface area (Å²) < 4.78 is 3.85. The summed E-state index contributed by atoms with van der Waals surface area (Å²) >= 11 is 0. The number of carbonyl (C=O) groups excluding carboxylic acids is 1. The van der Waals surface area contributed by atoms with Gasteiger partial charge in [0.15, 0.2) is 5.65 Å². The Morgan fingerprint density at radius 3 is 2.50 bits per heavy atom. The van der Waals surface area contributed by atoms with Crippen molar-refractivity contribution in [3.63, 3.8) is 0 Å². The molecular weight excluding hydrogens is 402 g/mol. The van der Waals surface area contributed by atoms with Crippen LogP contribution in [0.15, 0.2) is 18.5 Å². The minimum Gasteiger partial charge on any atom is -0.336 e. The van der Waals surface area contributed by atoms with Gasteiger partial charge >= 0.3 is 0 Å². The second-order valence-corrected chi connectivity index (χ2v) is 9.62. The van der Waals surface area contributed by atoms with Crippen LogP contribution in [0.4, 0.5) is 0 Å². The molecule has 1 amide bonds. The van der Waals surface area contributed by atoms with Crippen molar-refractivity contribution < 1.29 is 4.79 Å². The predicted octanol–water partition coefficient (Wildman–Crippen LogP) is 2.90. The SMILES string of the molecule is CCn1cc(CN2CCN(C(=O)c3cc(C4CC4)nc4c3c(C3CC3)nn4C)CC2)cn1. The summed E-state index contributed by atoms with van der Waals surface area (Å²) in [5.74, 6) is 1.14. The average molecular weight is 434 g/mol. The molecule has 0 unspecified atom stereocenters. The lowest BCUT2D eigenvalue weighted by atomic mass is 10.0. The highest BCUT2D eigenvalue weighted by Crippen LogP contribution is 2.45. The molecule has 0 bridgehead atoms. The first-order valence-electron chi connectivity index (χ1n) is 12.0. The number of aromatic nitrogens is 5. The zero-order valence-corrected chi connectivity index (χ0v) is 19.0. The van der Waals surface area contributed by atoms with Crippen molar-refractivity contribution in [2.24, 2.45) is 7.05 Å². The lowest BCUT2D eigenvalue weighted by Crippen LogP contribution is -2.48. The minimum absolute atomic E-state index is 0.146. The summed E-state index contributed by atoms with van der Waals surface area (Å²) in [4.78, 5) is 23.1. The molecule has 0 atom stereocenters. The fourth-order valence-corrected chi connectivity index (χ4v) is 4.89. The Balaban J connectivity index is 1.24. The van der Waals surface area contributed by atoms with Crippen LogP contribution in [-0.2, 0) is 20.1 Å². The second kappa shape index (κ2) is 7.69. The number of rotatable bonds is 6. The summed E-state index contributed by atoms with van der Waals surface area (Å²) in [6.45, 7) is 7.16. The van der Waals surface area contributed by atoms with E-state index in [0.717, 1.165) is 80.1 Å². The Morgan fingerprint density at radius 1 is 1.09 bits per heavy atom. The number of carbonyl (C=O) groups is 1. The molecule has 0 spiro atoms. The molecular formula is C24H31N7O. The van der Waals surface area contributed by atoms with Crippen molar-refractivity contribution in [1.29, 1.82) is 0 Å². The molecule has 0 aromatic carbocycles. The lowest BCUT2D eigenvalue weighted by molar-refractivity contribution is 0.0630. The van der Waals surface area contributed by atoms with Crippen LogP contribution in [-0.4, -0.2) is 66.4 Å². The topological polar surface area (TPSA) is 72.1 Å². The van der Waals surface area contributed by atoms with Crippen molar-refractivity contribution in [2.45, 2.75) is 57.5 Å². The summed E-state index contributed by atoms with van der Waals surface area (Å²) in [5.41, 5.74) is 5.09. The molecule has 1 saturated heterocycles. The number of pyridine rings is 1. The maximum atomic E-state index is 13.7. The van der Waals surface area contributed by atoms with E-state index < -0.39 is 0 Å². The molecule has 4 heterocycles. The zero-order valence-electron chi connectivity index (χ0n) is 19.0.